The number of hydrogen-bond donors (Lipinski definition) is 2. The van der Waals surface area contributed by atoms with Crippen LogP contribution in [-0.2, 0) is 6.42 Å². The average Bonchev–Trinajstić information content (AvgIpc) is 3.10. The van der Waals surface area contributed by atoms with Crippen molar-refractivity contribution < 1.29 is 14.9 Å². The third-order valence-corrected chi connectivity index (χ3v) is 9.53. The topological polar surface area (TPSA) is 49.7 Å². The van der Waals surface area contributed by atoms with Gasteiger partial charge in [-0.25, -0.2) is 0 Å². The molecule has 4 heteroatoms. The van der Waals surface area contributed by atoms with E-state index in [0.29, 0.717) is 29.4 Å². The van der Waals surface area contributed by atoms with Crippen molar-refractivity contribution in [3.05, 3.63) is 59.2 Å². The molecule has 0 saturated heterocycles. The standard InChI is InChI=1S/C28H35IO3/c1-28-17-24(18-4-8-21(9-5-18)32-15-3-2-14-29)27-22-11-7-20(30)16-19(22)6-10-23(27)25(28)12-13-26(28)31/h4-5,7-9,11,16,23-27,30-31H,2-3,6,10,12-15,17H2,1H3/t23-,24+,25-,26-,27+,28-/m0/s1. The molecule has 0 spiro atoms. The minimum absolute atomic E-state index is 0.00510. The number of phenolic OH excluding ortho intramolecular Hbond substituents is 1. The molecule has 2 fully saturated rings. The van der Waals surface area contributed by atoms with Crippen LogP contribution in [0.4, 0.5) is 0 Å². The summed E-state index contributed by atoms with van der Waals surface area (Å²) in [6.07, 6.45) is 7.38. The number of halogens is 1. The Kier molecular flexibility index (Phi) is 6.45. The van der Waals surface area contributed by atoms with Crippen molar-refractivity contribution in [2.75, 3.05) is 11.0 Å². The Morgan fingerprint density at radius 2 is 1.88 bits per heavy atom. The average molecular weight is 546 g/mol. The van der Waals surface area contributed by atoms with Crippen molar-refractivity contribution in [2.45, 2.75) is 69.8 Å². The number of hydrogen-bond acceptors (Lipinski definition) is 3. The maximum Gasteiger partial charge on any atom is 0.119 e. The molecule has 0 bridgehead atoms. The van der Waals surface area contributed by atoms with Gasteiger partial charge in [-0.05, 0) is 119 Å². The molecule has 0 aliphatic heterocycles. The lowest BCUT2D eigenvalue weighted by molar-refractivity contribution is -0.0323. The van der Waals surface area contributed by atoms with Crippen LogP contribution in [-0.4, -0.2) is 27.4 Å². The van der Waals surface area contributed by atoms with Crippen LogP contribution in [0.3, 0.4) is 0 Å². The molecule has 0 heterocycles. The van der Waals surface area contributed by atoms with Gasteiger partial charge in [0.05, 0.1) is 12.7 Å². The highest BCUT2D eigenvalue weighted by Crippen LogP contribution is 2.65. The second-order valence-corrected chi connectivity index (χ2v) is 11.5. The van der Waals surface area contributed by atoms with Gasteiger partial charge in [0.1, 0.15) is 11.5 Å². The van der Waals surface area contributed by atoms with E-state index in [0.717, 1.165) is 50.9 Å². The molecule has 0 amide bonds. The zero-order valence-corrected chi connectivity index (χ0v) is 21.1. The molecule has 6 atom stereocenters. The Morgan fingerprint density at radius 3 is 2.66 bits per heavy atom. The van der Waals surface area contributed by atoms with Crippen LogP contribution in [0.15, 0.2) is 42.5 Å². The maximum atomic E-state index is 11.0. The van der Waals surface area contributed by atoms with Crippen LogP contribution in [0, 0.1) is 17.3 Å². The largest absolute Gasteiger partial charge is 0.508 e. The Labute approximate surface area is 205 Å². The number of aromatic hydroxyl groups is 1. The Balaban J connectivity index is 1.47. The van der Waals surface area contributed by atoms with E-state index in [4.69, 9.17) is 4.74 Å². The second-order valence-electron chi connectivity index (χ2n) is 10.4. The van der Waals surface area contributed by atoms with Gasteiger partial charge in [-0.1, -0.05) is 47.7 Å². The zero-order valence-electron chi connectivity index (χ0n) is 19.0. The van der Waals surface area contributed by atoms with Gasteiger partial charge >= 0.3 is 0 Å². The fourth-order valence-corrected chi connectivity index (χ4v) is 7.73. The van der Waals surface area contributed by atoms with E-state index in [1.54, 1.807) is 0 Å². The molecule has 0 radical (unpaired) electrons. The second kappa shape index (κ2) is 9.17. The molecule has 2 aromatic carbocycles. The molecule has 172 valence electrons. The number of benzene rings is 2. The van der Waals surface area contributed by atoms with Crippen LogP contribution >= 0.6 is 22.6 Å². The van der Waals surface area contributed by atoms with Crippen molar-refractivity contribution >= 4 is 22.6 Å². The highest BCUT2D eigenvalue weighted by atomic mass is 127. The summed E-state index contributed by atoms with van der Waals surface area (Å²) in [6, 6.07) is 14.8. The molecule has 32 heavy (non-hydrogen) atoms. The molecule has 5 rings (SSSR count). The lowest BCUT2D eigenvalue weighted by Crippen LogP contribution is -2.47. The summed E-state index contributed by atoms with van der Waals surface area (Å²) in [5.74, 6) is 3.34. The summed E-state index contributed by atoms with van der Waals surface area (Å²) < 4.78 is 7.14. The molecule has 2 aromatic rings. The smallest absolute Gasteiger partial charge is 0.119 e. The SMILES string of the molecule is C[C@]12C[C@H](c3ccc(OCCCCI)cc3)[C@@H]3c4ccc(O)cc4CC[C@H]3[C@@H]1CC[C@@H]2O. The van der Waals surface area contributed by atoms with E-state index in [1.807, 2.05) is 12.1 Å². The highest BCUT2D eigenvalue weighted by molar-refractivity contribution is 14.1. The molecule has 3 aliphatic rings. The molecular weight excluding hydrogens is 511 g/mol. The van der Waals surface area contributed by atoms with E-state index in [1.165, 1.54) is 27.5 Å². The number of aliphatic hydroxyl groups excluding tert-OH is 1. The third-order valence-electron chi connectivity index (χ3n) is 8.77. The van der Waals surface area contributed by atoms with Gasteiger partial charge in [-0.3, -0.25) is 0 Å². The van der Waals surface area contributed by atoms with E-state index in [2.05, 4.69) is 59.8 Å². The molecular formula is C28H35IO3. The quantitative estimate of drug-likeness (QED) is 0.244. The highest BCUT2D eigenvalue weighted by Gasteiger charge is 2.57. The van der Waals surface area contributed by atoms with Gasteiger partial charge in [0.25, 0.3) is 0 Å². The van der Waals surface area contributed by atoms with Crippen molar-refractivity contribution in [1.82, 2.24) is 0 Å². The first-order chi connectivity index (χ1) is 15.5. The molecule has 2 N–H and O–H groups in total. The van der Waals surface area contributed by atoms with E-state index in [-0.39, 0.29) is 11.5 Å². The van der Waals surface area contributed by atoms with Crippen molar-refractivity contribution in [3.63, 3.8) is 0 Å². The first-order valence-corrected chi connectivity index (χ1v) is 13.8. The van der Waals surface area contributed by atoms with E-state index < -0.39 is 0 Å². The summed E-state index contributed by atoms with van der Waals surface area (Å²) in [5.41, 5.74) is 4.09. The lowest BCUT2D eigenvalue weighted by atomic mass is 9.51. The number of rotatable bonds is 6. The lowest BCUT2D eigenvalue weighted by Gasteiger charge is -2.54. The van der Waals surface area contributed by atoms with Crippen molar-refractivity contribution in [3.8, 4) is 11.5 Å². The van der Waals surface area contributed by atoms with Gasteiger partial charge in [0.2, 0.25) is 0 Å². The first kappa shape index (κ1) is 22.5. The normalized spacial score (nSPS) is 33.3. The van der Waals surface area contributed by atoms with E-state index in [9.17, 15) is 10.2 Å². The predicted octanol–water partition coefficient (Wildman–Crippen LogP) is 6.60. The summed E-state index contributed by atoms with van der Waals surface area (Å²) >= 11 is 2.41. The van der Waals surface area contributed by atoms with Crippen LogP contribution in [0.5, 0.6) is 11.5 Å². The number of alkyl halides is 1. The van der Waals surface area contributed by atoms with Crippen molar-refractivity contribution in [2.24, 2.45) is 17.3 Å². The fraction of sp³-hybridized carbons (Fsp3) is 0.571. The maximum absolute atomic E-state index is 11.0. The van der Waals surface area contributed by atoms with Crippen LogP contribution in [0.1, 0.15) is 74.0 Å². The van der Waals surface area contributed by atoms with Gasteiger partial charge in [0.15, 0.2) is 0 Å². The number of ether oxygens (including phenoxy) is 1. The number of aliphatic hydroxyl groups is 1. The van der Waals surface area contributed by atoms with Crippen LogP contribution < -0.4 is 4.74 Å². The fourth-order valence-electron chi connectivity index (χ4n) is 7.19. The van der Waals surface area contributed by atoms with Crippen LogP contribution in [0.2, 0.25) is 0 Å². The molecule has 0 aromatic heterocycles. The minimum Gasteiger partial charge on any atom is -0.508 e. The summed E-state index contributed by atoms with van der Waals surface area (Å²) in [6.45, 7) is 3.12. The number of phenols is 1. The van der Waals surface area contributed by atoms with Crippen molar-refractivity contribution in [1.29, 1.82) is 0 Å². The number of fused-ring (bicyclic) bond motifs is 5. The number of unbranched alkanes of at least 4 members (excludes halogenated alkanes) is 1. The first-order valence-electron chi connectivity index (χ1n) is 12.3. The molecule has 2 saturated carbocycles. The zero-order chi connectivity index (χ0) is 22.3. The third kappa shape index (κ3) is 3.96. The Morgan fingerprint density at radius 1 is 1.06 bits per heavy atom. The molecule has 3 aliphatic carbocycles. The van der Waals surface area contributed by atoms with Gasteiger partial charge in [-0.2, -0.15) is 0 Å². The monoisotopic (exact) mass is 546 g/mol. The molecule has 3 nitrogen and oxygen atoms in total. The predicted molar refractivity (Wildman–Crippen MR) is 137 cm³/mol. The van der Waals surface area contributed by atoms with Gasteiger partial charge in [0, 0.05) is 0 Å². The number of aryl methyl sites for hydroxylation is 1. The summed E-state index contributed by atoms with van der Waals surface area (Å²) in [5, 5.41) is 21.1. The van der Waals surface area contributed by atoms with E-state index >= 15 is 0 Å². The summed E-state index contributed by atoms with van der Waals surface area (Å²) in [7, 11) is 0. The Bertz CT molecular complexity index is 942. The minimum atomic E-state index is -0.197. The van der Waals surface area contributed by atoms with Crippen LogP contribution in [0.25, 0.3) is 0 Å². The summed E-state index contributed by atoms with van der Waals surface area (Å²) in [4.78, 5) is 0. The van der Waals surface area contributed by atoms with Gasteiger partial charge in [-0.15, -0.1) is 0 Å². The Hall–Kier alpha value is -1.27. The van der Waals surface area contributed by atoms with Gasteiger partial charge < -0.3 is 14.9 Å². The molecule has 0 unspecified atom stereocenters.